The topological polar surface area (TPSA) is 58.0 Å². The van der Waals surface area contributed by atoms with Crippen LogP contribution in [0.25, 0.3) is 22.8 Å². The van der Waals surface area contributed by atoms with Crippen LogP contribution >= 0.6 is 0 Å². The fraction of sp³-hybridized carbons (Fsp3) is 0.333. The molecule has 6 nitrogen and oxygen atoms in total. The number of hydrogen-bond acceptors (Lipinski definition) is 6. The van der Waals surface area contributed by atoms with Crippen molar-refractivity contribution in [2.24, 2.45) is 0 Å². The third kappa shape index (κ3) is 5.83. The van der Waals surface area contributed by atoms with Crippen LogP contribution in [0.3, 0.4) is 0 Å². The van der Waals surface area contributed by atoms with Crippen molar-refractivity contribution < 1.29 is 0 Å². The third-order valence-electron chi connectivity index (χ3n) is 7.12. The first-order valence-electron chi connectivity index (χ1n) is 12.8. The highest BCUT2D eigenvalue weighted by Crippen LogP contribution is 2.28. The number of hydrogen-bond donors (Lipinski definition) is 0. The van der Waals surface area contributed by atoms with E-state index < -0.39 is 0 Å². The van der Waals surface area contributed by atoms with Gasteiger partial charge in [0.15, 0.2) is 0 Å². The fourth-order valence-corrected chi connectivity index (χ4v) is 5.31. The summed E-state index contributed by atoms with van der Waals surface area (Å²) in [6.45, 7) is 1.65. The highest BCUT2D eigenvalue weighted by atomic mass is 15.2. The van der Waals surface area contributed by atoms with Crippen molar-refractivity contribution in [1.29, 1.82) is 0 Å². The van der Waals surface area contributed by atoms with Crippen molar-refractivity contribution in [3.63, 3.8) is 0 Å². The molecule has 1 aliphatic carbocycles. The Morgan fingerprint density at radius 2 is 1.03 bits per heavy atom. The Balaban J connectivity index is 1.28. The molecule has 36 heavy (non-hydrogen) atoms. The molecule has 0 amide bonds. The van der Waals surface area contributed by atoms with Crippen molar-refractivity contribution in [3.8, 4) is 22.8 Å². The Kier molecular flexibility index (Phi) is 7.74. The molecule has 184 valence electrons. The van der Waals surface area contributed by atoms with Crippen LogP contribution in [0.2, 0.25) is 0 Å². The standard InChI is InChI=1S/C30H34N6/c1-35(21-23-11-9-15-27(33-23)25-13-5-7-19-31-25)29-17-3-4-18-30(29)36(2)22-24-12-10-16-28(34-24)26-14-6-8-20-32-26/h5-16,19-20,29-30H,3-4,17-18,21-22H2,1-2H3/t29-,30-/m0/s1. The molecule has 1 aliphatic rings. The van der Waals surface area contributed by atoms with Gasteiger partial charge in [0.2, 0.25) is 0 Å². The lowest BCUT2D eigenvalue weighted by Crippen LogP contribution is -2.50. The minimum atomic E-state index is 0.475. The van der Waals surface area contributed by atoms with Gasteiger partial charge in [-0.25, -0.2) is 9.97 Å². The third-order valence-corrected chi connectivity index (χ3v) is 7.12. The average Bonchev–Trinajstić information content (AvgIpc) is 2.94. The van der Waals surface area contributed by atoms with E-state index in [1.807, 2.05) is 60.9 Å². The summed E-state index contributed by atoms with van der Waals surface area (Å²) in [5, 5.41) is 0. The molecule has 0 saturated heterocycles. The largest absolute Gasteiger partial charge is 0.296 e. The van der Waals surface area contributed by atoms with Gasteiger partial charge in [-0.1, -0.05) is 37.1 Å². The number of nitrogens with zero attached hydrogens (tertiary/aromatic N) is 6. The molecule has 0 unspecified atom stereocenters. The number of aromatic nitrogens is 4. The van der Waals surface area contributed by atoms with E-state index in [1.54, 1.807) is 0 Å². The lowest BCUT2D eigenvalue weighted by Gasteiger charge is -2.42. The number of likely N-dealkylation sites (N-methyl/N-ethyl adjacent to an activating group) is 2. The Morgan fingerprint density at radius 3 is 1.44 bits per heavy atom. The average molecular weight is 479 g/mol. The lowest BCUT2D eigenvalue weighted by atomic mass is 9.88. The zero-order valence-electron chi connectivity index (χ0n) is 21.2. The van der Waals surface area contributed by atoms with E-state index in [0.29, 0.717) is 12.1 Å². The maximum Gasteiger partial charge on any atom is 0.0890 e. The molecular formula is C30H34N6. The SMILES string of the molecule is CN(Cc1cccc(-c2ccccn2)n1)[C@H]1CCCC[C@@H]1N(C)Cc1cccc(-c2ccccn2)n1. The summed E-state index contributed by atoms with van der Waals surface area (Å²) in [5.74, 6) is 0. The van der Waals surface area contributed by atoms with Crippen LogP contribution in [-0.4, -0.2) is 55.9 Å². The van der Waals surface area contributed by atoms with Gasteiger partial charge < -0.3 is 0 Å². The molecule has 6 heteroatoms. The molecule has 5 rings (SSSR count). The molecule has 0 aromatic carbocycles. The van der Waals surface area contributed by atoms with Crippen molar-refractivity contribution in [1.82, 2.24) is 29.7 Å². The van der Waals surface area contributed by atoms with Gasteiger partial charge in [-0.3, -0.25) is 19.8 Å². The Hall–Kier alpha value is -3.48. The highest BCUT2D eigenvalue weighted by molar-refractivity contribution is 5.54. The van der Waals surface area contributed by atoms with E-state index in [2.05, 4.69) is 58.1 Å². The van der Waals surface area contributed by atoms with Gasteiger partial charge in [0.1, 0.15) is 0 Å². The first-order chi connectivity index (χ1) is 17.7. The summed E-state index contributed by atoms with van der Waals surface area (Å²) in [5.41, 5.74) is 5.85. The van der Waals surface area contributed by atoms with Gasteiger partial charge in [-0.2, -0.15) is 0 Å². The Bertz CT molecular complexity index is 1150. The Labute approximate surface area is 214 Å². The molecule has 4 aromatic rings. The van der Waals surface area contributed by atoms with Crippen molar-refractivity contribution in [3.05, 3.63) is 96.6 Å². The molecular weight excluding hydrogens is 444 g/mol. The number of rotatable bonds is 8. The number of pyridine rings is 4. The second-order valence-corrected chi connectivity index (χ2v) is 9.71. The molecule has 0 spiro atoms. The minimum absolute atomic E-state index is 0.475. The van der Waals surface area contributed by atoms with Crippen LogP contribution < -0.4 is 0 Å². The smallest absolute Gasteiger partial charge is 0.0890 e. The summed E-state index contributed by atoms with van der Waals surface area (Å²) < 4.78 is 0. The second-order valence-electron chi connectivity index (χ2n) is 9.71. The van der Waals surface area contributed by atoms with E-state index in [0.717, 1.165) is 47.3 Å². The molecule has 1 saturated carbocycles. The maximum atomic E-state index is 4.92. The maximum absolute atomic E-state index is 4.92. The van der Waals surface area contributed by atoms with E-state index in [1.165, 1.54) is 25.7 Å². The molecule has 4 heterocycles. The lowest BCUT2D eigenvalue weighted by molar-refractivity contribution is 0.0680. The van der Waals surface area contributed by atoms with Crippen LogP contribution in [-0.2, 0) is 13.1 Å². The van der Waals surface area contributed by atoms with Gasteiger partial charge in [-0.15, -0.1) is 0 Å². The predicted molar refractivity (Wildman–Crippen MR) is 144 cm³/mol. The quantitative estimate of drug-likeness (QED) is 0.334. The van der Waals surface area contributed by atoms with Gasteiger partial charge in [-0.05, 0) is 75.5 Å². The second kappa shape index (κ2) is 11.5. The van der Waals surface area contributed by atoms with Crippen molar-refractivity contribution in [2.75, 3.05) is 14.1 Å². The summed E-state index contributed by atoms with van der Waals surface area (Å²) in [7, 11) is 4.48. The van der Waals surface area contributed by atoms with Gasteiger partial charge >= 0.3 is 0 Å². The summed E-state index contributed by atoms with van der Waals surface area (Å²) >= 11 is 0. The predicted octanol–water partition coefficient (Wildman–Crippen LogP) is 5.48. The molecule has 4 aromatic heterocycles. The van der Waals surface area contributed by atoms with Crippen LogP contribution in [0, 0.1) is 0 Å². The van der Waals surface area contributed by atoms with E-state index >= 15 is 0 Å². The Morgan fingerprint density at radius 1 is 0.583 bits per heavy atom. The van der Waals surface area contributed by atoms with Crippen molar-refractivity contribution >= 4 is 0 Å². The fourth-order valence-electron chi connectivity index (χ4n) is 5.31. The van der Waals surface area contributed by atoms with Gasteiger partial charge in [0.05, 0.1) is 34.2 Å². The zero-order valence-corrected chi connectivity index (χ0v) is 21.2. The monoisotopic (exact) mass is 478 g/mol. The molecule has 0 aliphatic heterocycles. The van der Waals surface area contributed by atoms with E-state index in [9.17, 15) is 0 Å². The zero-order chi connectivity index (χ0) is 24.7. The van der Waals surface area contributed by atoms with Crippen molar-refractivity contribution in [2.45, 2.75) is 50.9 Å². The normalized spacial score (nSPS) is 18.0. The first-order valence-corrected chi connectivity index (χ1v) is 12.8. The molecule has 0 bridgehead atoms. The van der Waals surface area contributed by atoms with Gasteiger partial charge in [0.25, 0.3) is 0 Å². The van der Waals surface area contributed by atoms with Crippen LogP contribution in [0.4, 0.5) is 0 Å². The summed E-state index contributed by atoms with van der Waals surface area (Å²) in [6.07, 6.45) is 8.58. The molecule has 1 fully saturated rings. The van der Waals surface area contributed by atoms with Crippen LogP contribution in [0.1, 0.15) is 37.1 Å². The summed E-state index contributed by atoms with van der Waals surface area (Å²) in [4.78, 5) is 23.8. The van der Waals surface area contributed by atoms with E-state index in [4.69, 9.17) is 9.97 Å². The van der Waals surface area contributed by atoms with Gasteiger partial charge in [0, 0.05) is 37.6 Å². The van der Waals surface area contributed by atoms with Crippen LogP contribution in [0.15, 0.2) is 85.2 Å². The van der Waals surface area contributed by atoms with E-state index in [-0.39, 0.29) is 0 Å². The molecule has 2 atom stereocenters. The minimum Gasteiger partial charge on any atom is -0.296 e. The highest BCUT2D eigenvalue weighted by Gasteiger charge is 2.31. The first kappa shape index (κ1) is 24.2. The molecule has 0 radical (unpaired) electrons. The molecule has 0 N–H and O–H groups in total. The van der Waals surface area contributed by atoms with Crippen LogP contribution in [0.5, 0.6) is 0 Å². The summed E-state index contributed by atoms with van der Waals surface area (Å²) in [6, 6.07) is 25.4.